The van der Waals surface area contributed by atoms with Gasteiger partial charge in [-0.2, -0.15) is 0 Å². The number of rotatable bonds is 35. The molecule has 2 aliphatic heterocycles. The van der Waals surface area contributed by atoms with Crippen LogP contribution in [-0.4, -0.2) is 92.1 Å². The average Bonchev–Trinajstić information content (AvgIpc) is 1.60. The zero-order valence-corrected chi connectivity index (χ0v) is 55.1. The molecule has 0 amide bonds. The van der Waals surface area contributed by atoms with E-state index in [1.54, 1.807) is 0 Å². The summed E-state index contributed by atoms with van der Waals surface area (Å²) < 4.78 is 52.1. The van der Waals surface area contributed by atoms with Gasteiger partial charge in [-0.1, -0.05) is 106 Å². The lowest BCUT2D eigenvalue weighted by molar-refractivity contribution is -0.345. The van der Waals surface area contributed by atoms with Crippen molar-refractivity contribution < 1.29 is 71.4 Å². The number of carbonyl (C=O) groups excluding carboxylic acids is 6. The average molecular weight is 1200 g/mol. The second kappa shape index (κ2) is 39.7. The summed E-state index contributed by atoms with van der Waals surface area (Å²) in [5.41, 5.74) is 12.9. The van der Waals surface area contributed by atoms with Crippen molar-refractivity contribution in [1.82, 2.24) is 0 Å². The Morgan fingerprint density at radius 3 is 1.20 bits per heavy atom. The Morgan fingerprint density at radius 1 is 0.442 bits per heavy atom. The van der Waals surface area contributed by atoms with Crippen LogP contribution in [0.1, 0.15) is 220 Å². The summed E-state index contributed by atoms with van der Waals surface area (Å²) >= 11 is 0. The van der Waals surface area contributed by atoms with Crippen LogP contribution in [0.3, 0.4) is 0 Å². The number of ether oxygens (including phenoxy) is 9. The minimum absolute atomic E-state index is 0.0265. The number of esters is 6. The molecule has 2 unspecified atom stereocenters. The summed E-state index contributed by atoms with van der Waals surface area (Å²) in [6, 6.07) is 0. The number of allylic oxidation sites excluding steroid dienone is 17. The minimum atomic E-state index is -1.55. The van der Waals surface area contributed by atoms with Crippen molar-refractivity contribution in [3.63, 3.8) is 0 Å². The van der Waals surface area contributed by atoms with Crippen molar-refractivity contribution >= 4 is 35.8 Å². The molecule has 0 radical (unpaired) electrons. The third-order valence-electron chi connectivity index (χ3n) is 15.9. The lowest BCUT2D eigenvalue weighted by Gasteiger charge is -2.46. The Kier molecular flexibility index (Phi) is 34.2. The highest BCUT2D eigenvalue weighted by atomic mass is 16.8. The molecule has 1 aliphatic carbocycles. The van der Waals surface area contributed by atoms with E-state index in [0.29, 0.717) is 0 Å². The Labute approximate surface area is 515 Å². The zero-order chi connectivity index (χ0) is 63.9. The fourth-order valence-electron chi connectivity index (χ4n) is 11.0. The van der Waals surface area contributed by atoms with E-state index in [9.17, 15) is 28.8 Å². The van der Waals surface area contributed by atoms with Crippen LogP contribution in [0.2, 0.25) is 0 Å². The van der Waals surface area contributed by atoms with Gasteiger partial charge in [-0.25, -0.2) is 4.79 Å². The summed E-state index contributed by atoms with van der Waals surface area (Å²) in [5.74, 6) is -5.81. The molecule has 10 atom stereocenters. The lowest BCUT2D eigenvalue weighted by atomic mass is 9.83. The fraction of sp³-hybridized carbons (Fsp3) is 0.634. The second-order valence-corrected chi connectivity index (χ2v) is 24.3. The summed E-state index contributed by atoms with van der Waals surface area (Å²) in [5, 5.41) is 0. The molecule has 0 N–H and O–H groups in total. The highest BCUT2D eigenvalue weighted by Crippen LogP contribution is 2.49. The standard InChI is InChI=1S/C71H106O15/c1-46(2)25-17-26-47(3)27-18-28-48(4)29-19-30-49(5)31-20-32-50(6)33-21-34-51(7)35-22-36-52(8)37-23-38-53(9)39-24-40-54(10)41-42-78-69(77)62-44-80-70(65-55(11)63(43-61(62)65)81-57(13)73)86-71-68(84-60(16)76)67(83-59(15)75)66(82-58(14)74)64(85-71)45-79-56(12)72/h25,27,29,31,33,35,37,39,41,44,55,61,63-68,70-71H,17-24,26,28,30,32,34,36,38,40,42-43,45H2,1-16H3/b47-27+,48-29+,49-31+,50-33+,51-35+,52-37+,53-39+,54-41+/t55-,61?,63-,64+,65?,66+,67-,68+,70-,71-/m0/s1. The van der Waals surface area contributed by atoms with E-state index in [4.69, 9.17) is 42.6 Å². The SMILES string of the molecule is CC(=O)OC[C@H]1O[C@@H](O[C@@H]2OC=C(C(=O)OC/C=C(\C)CC/C=C(\C)CC/C=C(\C)CC/C=C(\C)CC/C=C(\C)CC/C=C(\C)CC/C=C(\C)CC/C=C(\C)CCC=C(C)C)C3C[C@H](OC(C)=O)[C@H](C)C32)[C@H](OC(C)=O)[C@@H](OC(C)=O)[C@@H]1OC(C)=O. The van der Waals surface area contributed by atoms with Crippen LogP contribution in [0, 0.1) is 17.8 Å². The van der Waals surface area contributed by atoms with E-state index >= 15 is 0 Å². The van der Waals surface area contributed by atoms with Crippen molar-refractivity contribution in [3.8, 4) is 0 Å². The summed E-state index contributed by atoms with van der Waals surface area (Å²) in [6.07, 6.45) is 30.5. The van der Waals surface area contributed by atoms with Gasteiger partial charge in [0.15, 0.2) is 18.3 Å². The first-order valence-electron chi connectivity index (χ1n) is 31.3. The molecule has 15 heteroatoms. The van der Waals surface area contributed by atoms with Crippen LogP contribution in [0.25, 0.3) is 0 Å². The van der Waals surface area contributed by atoms with Crippen molar-refractivity contribution in [2.24, 2.45) is 17.8 Å². The minimum Gasteiger partial charge on any atom is -0.472 e. The van der Waals surface area contributed by atoms with Gasteiger partial charge in [-0.05, 0) is 184 Å². The van der Waals surface area contributed by atoms with Crippen LogP contribution in [0.4, 0.5) is 0 Å². The normalized spacial score (nSPS) is 24.2. The van der Waals surface area contributed by atoms with Crippen LogP contribution < -0.4 is 0 Å². The smallest absolute Gasteiger partial charge is 0.337 e. The zero-order valence-electron chi connectivity index (χ0n) is 55.1. The van der Waals surface area contributed by atoms with E-state index in [2.05, 4.69) is 111 Å². The van der Waals surface area contributed by atoms with E-state index in [1.807, 2.05) is 19.9 Å². The number of fused-ring (bicyclic) bond motifs is 1. The summed E-state index contributed by atoms with van der Waals surface area (Å²) in [4.78, 5) is 75.1. The van der Waals surface area contributed by atoms with Crippen molar-refractivity contribution in [1.29, 1.82) is 0 Å². The van der Waals surface area contributed by atoms with Crippen LogP contribution >= 0.6 is 0 Å². The van der Waals surface area contributed by atoms with E-state index < -0.39 is 103 Å². The van der Waals surface area contributed by atoms with Gasteiger partial charge in [0, 0.05) is 52.4 Å². The Balaban J connectivity index is 1.46. The van der Waals surface area contributed by atoms with Crippen molar-refractivity contribution in [2.45, 2.75) is 263 Å². The molecule has 0 aromatic rings. The second-order valence-electron chi connectivity index (χ2n) is 24.3. The quantitative estimate of drug-likeness (QED) is 0.0331. The molecular weight excluding hydrogens is 1090 g/mol. The monoisotopic (exact) mass is 1200 g/mol. The van der Waals surface area contributed by atoms with Gasteiger partial charge in [0.2, 0.25) is 12.6 Å². The number of hydrogen-bond donors (Lipinski definition) is 0. The molecule has 1 saturated heterocycles. The molecule has 0 aromatic heterocycles. The number of hydrogen-bond acceptors (Lipinski definition) is 15. The maximum Gasteiger partial charge on any atom is 0.337 e. The van der Waals surface area contributed by atoms with Crippen molar-refractivity contribution in [3.05, 3.63) is 117 Å². The third-order valence-corrected chi connectivity index (χ3v) is 15.9. The van der Waals surface area contributed by atoms with Crippen LogP contribution in [0.5, 0.6) is 0 Å². The summed E-state index contributed by atoms with van der Waals surface area (Å²) in [7, 11) is 0. The van der Waals surface area contributed by atoms with Gasteiger partial charge in [-0.3, -0.25) is 24.0 Å². The molecule has 0 bridgehead atoms. The van der Waals surface area contributed by atoms with E-state index in [0.717, 1.165) is 129 Å². The third kappa shape index (κ3) is 29.1. The number of carbonyl (C=O) groups is 6. The molecule has 2 fully saturated rings. The van der Waals surface area contributed by atoms with Gasteiger partial charge in [0.1, 0.15) is 25.4 Å². The molecule has 0 spiro atoms. The first-order chi connectivity index (χ1) is 40.7. The van der Waals surface area contributed by atoms with Crippen molar-refractivity contribution in [2.75, 3.05) is 13.2 Å². The molecule has 2 heterocycles. The maximum absolute atomic E-state index is 13.8. The highest BCUT2D eigenvalue weighted by molar-refractivity contribution is 5.89. The highest BCUT2D eigenvalue weighted by Gasteiger charge is 2.57. The molecule has 480 valence electrons. The molecule has 0 aromatic carbocycles. The van der Waals surface area contributed by atoms with E-state index in [-0.39, 0.29) is 18.6 Å². The summed E-state index contributed by atoms with van der Waals surface area (Å²) in [6.45, 7) is 29.3. The predicted molar refractivity (Wildman–Crippen MR) is 337 cm³/mol. The molecule has 3 rings (SSSR count). The molecule has 86 heavy (non-hydrogen) atoms. The van der Waals surface area contributed by atoms with Gasteiger partial charge < -0.3 is 42.6 Å². The molecule has 15 nitrogen and oxygen atoms in total. The molecule has 1 saturated carbocycles. The first-order valence-corrected chi connectivity index (χ1v) is 31.3. The van der Waals surface area contributed by atoms with Gasteiger partial charge in [-0.15, -0.1) is 0 Å². The van der Waals surface area contributed by atoms with Gasteiger partial charge in [0.25, 0.3) is 0 Å². The van der Waals surface area contributed by atoms with E-state index in [1.165, 1.54) is 64.7 Å². The lowest BCUT2D eigenvalue weighted by Crippen LogP contribution is -2.63. The Bertz CT molecular complexity index is 2560. The Hall–Kier alpha value is -6.06. The maximum atomic E-state index is 13.8. The first kappa shape index (κ1) is 74.2. The van der Waals surface area contributed by atoms with Gasteiger partial charge >= 0.3 is 35.8 Å². The molecular formula is C71H106O15. The van der Waals surface area contributed by atoms with Gasteiger partial charge in [0.05, 0.1) is 11.8 Å². The Morgan fingerprint density at radius 2 is 0.814 bits per heavy atom. The van der Waals surface area contributed by atoms with Crippen LogP contribution in [-0.2, 0) is 71.4 Å². The largest absolute Gasteiger partial charge is 0.472 e. The van der Waals surface area contributed by atoms with Crippen LogP contribution in [0.15, 0.2) is 117 Å². The fourth-order valence-corrected chi connectivity index (χ4v) is 11.0. The predicted octanol–water partition coefficient (Wildman–Crippen LogP) is 15.9. The molecule has 3 aliphatic rings. The topological polar surface area (TPSA) is 185 Å².